The molecule has 0 fully saturated rings. The molecule has 1 amide bonds. The number of ether oxygens (including phenoxy) is 1. The van der Waals surface area contributed by atoms with Crippen molar-refractivity contribution in [3.63, 3.8) is 0 Å². The first-order chi connectivity index (χ1) is 18.1. The molecular weight excluding hydrogens is 467 g/mol. The van der Waals surface area contributed by atoms with E-state index in [2.05, 4.69) is 17.0 Å². The lowest BCUT2D eigenvalue weighted by Crippen LogP contribution is -2.33. The van der Waals surface area contributed by atoms with Gasteiger partial charge in [0.2, 0.25) is 0 Å². The second kappa shape index (κ2) is 11.0. The van der Waals surface area contributed by atoms with Gasteiger partial charge in [0.05, 0.1) is 30.7 Å². The first-order valence-electron chi connectivity index (χ1n) is 12.6. The molecule has 0 radical (unpaired) electrons. The van der Waals surface area contributed by atoms with Crippen molar-refractivity contribution in [2.45, 2.75) is 33.0 Å². The van der Waals surface area contributed by atoms with E-state index in [1.54, 1.807) is 13.2 Å². The number of methoxy groups -OCH3 is 1. The molecule has 2 heterocycles. The predicted octanol–water partition coefficient (Wildman–Crippen LogP) is 5.24. The number of benzene rings is 3. The van der Waals surface area contributed by atoms with Crippen LogP contribution in [0.25, 0.3) is 5.69 Å². The molecule has 3 aromatic carbocycles. The van der Waals surface area contributed by atoms with Crippen molar-refractivity contribution in [2.24, 2.45) is 0 Å². The summed E-state index contributed by atoms with van der Waals surface area (Å²) >= 11 is 0. The van der Waals surface area contributed by atoms with Gasteiger partial charge >= 0.3 is 0 Å². The largest absolute Gasteiger partial charge is 0.497 e. The molecule has 0 saturated heterocycles. The van der Waals surface area contributed by atoms with E-state index in [9.17, 15) is 9.18 Å². The molecule has 190 valence electrons. The molecule has 1 aliphatic rings. The maximum absolute atomic E-state index is 13.4. The standard InChI is InChI=1S/C30H31FN4O2/c1-3-34(30(36)23-8-7-11-26(18-23)37-2)21-28-27-20-33(19-22-12-14-24(31)15-13-22)17-16-29(27)35(32-28)25-9-5-4-6-10-25/h4-15,18H,3,16-17,19-21H2,1-2H3. The third-order valence-electron chi connectivity index (χ3n) is 6.87. The van der Waals surface area contributed by atoms with Gasteiger partial charge in [-0.1, -0.05) is 36.4 Å². The summed E-state index contributed by atoms with van der Waals surface area (Å²) in [5, 5.41) is 5.03. The van der Waals surface area contributed by atoms with Gasteiger partial charge in [-0.15, -0.1) is 0 Å². The predicted molar refractivity (Wildman–Crippen MR) is 141 cm³/mol. The summed E-state index contributed by atoms with van der Waals surface area (Å²) < 4.78 is 20.8. The van der Waals surface area contributed by atoms with Crippen LogP contribution in [-0.2, 0) is 26.1 Å². The fourth-order valence-electron chi connectivity index (χ4n) is 4.88. The zero-order chi connectivity index (χ0) is 25.8. The van der Waals surface area contributed by atoms with Crippen molar-refractivity contribution < 1.29 is 13.9 Å². The summed E-state index contributed by atoms with van der Waals surface area (Å²) in [6.07, 6.45) is 0.842. The number of amides is 1. The molecular formula is C30H31FN4O2. The Hall–Kier alpha value is -3.97. The highest BCUT2D eigenvalue weighted by Crippen LogP contribution is 2.28. The highest BCUT2D eigenvalue weighted by Gasteiger charge is 2.27. The summed E-state index contributed by atoms with van der Waals surface area (Å²) in [7, 11) is 1.60. The van der Waals surface area contributed by atoms with Gasteiger partial charge in [-0.25, -0.2) is 9.07 Å². The molecule has 1 aromatic heterocycles. The molecule has 4 aromatic rings. The lowest BCUT2D eigenvalue weighted by atomic mass is 10.0. The van der Waals surface area contributed by atoms with Gasteiger partial charge in [0.25, 0.3) is 5.91 Å². The van der Waals surface area contributed by atoms with Gasteiger partial charge in [0, 0.05) is 43.7 Å². The second-order valence-corrected chi connectivity index (χ2v) is 9.26. The summed E-state index contributed by atoms with van der Waals surface area (Å²) in [4.78, 5) is 17.6. The Balaban J connectivity index is 1.45. The highest BCUT2D eigenvalue weighted by molar-refractivity contribution is 5.94. The Morgan fingerprint density at radius 3 is 2.57 bits per heavy atom. The minimum atomic E-state index is -0.225. The van der Waals surface area contributed by atoms with Crippen LogP contribution in [0.5, 0.6) is 5.75 Å². The number of aromatic nitrogens is 2. The van der Waals surface area contributed by atoms with Crippen LogP contribution in [0.3, 0.4) is 0 Å². The van der Waals surface area contributed by atoms with Crippen LogP contribution >= 0.6 is 0 Å². The molecule has 0 saturated carbocycles. The molecule has 1 aliphatic heterocycles. The number of hydrogen-bond donors (Lipinski definition) is 0. The Morgan fingerprint density at radius 1 is 1.05 bits per heavy atom. The lowest BCUT2D eigenvalue weighted by molar-refractivity contribution is 0.0749. The molecule has 0 atom stereocenters. The van der Waals surface area contributed by atoms with Gasteiger partial charge in [0.1, 0.15) is 11.6 Å². The number of fused-ring (bicyclic) bond motifs is 1. The number of nitrogens with zero attached hydrogens (tertiary/aromatic N) is 4. The van der Waals surface area contributed by atoms with Gasteiger partial charge in [-0.2, -0.15) is 5.10 Å². The van der Waals surface area contributed by atoms with E-state index in [1.807, 2.05) is 65.0 Å². The molecule has 0 aliphatic carbocycles. The normalized spacial score (nSPS) is 13.3. The van der Waals surface area contributed by atoms with E-state index in [0.29, 0.717) is 24.4 Å². The van der Waals surface area contributed by atoms with Crippen LogP contribution in [-0.4, -0.2) is 45.7 Å². The van der Waals surface area contributed by atoms with Crippen molar-refractivity contribution in [1.29, 1.82) is 0 Å². The summed E-state index contributed by atoms with van der Waals surface area (Å²) in [6.45, 7) is 5.29. The Bertz CT molecular complexity index is 1370. The van der Waals surface area contributed by atoms with E-state index in [1.165, 1.54) is 17.8 Å². The van der Waals surface area contributed by atoms with Gasteiger partial charge < -0.3 is 9.64 Å². The maximum Gasteiger partial charge on any atom is 0.254 e. The average Bonchev–Trinajstić information content (AvgIpc) is 3.30. The van der Waals surface area contributed by atoms with Gasteiger partial charge in [-0.3, -0.25) is 9.69 Å². The number of rotatable bonds is 8. The van der Waals surface area contributed by atoms with Crippen molar-refractivity contribution in [3.05, 3.63) is 113 Å². The summed E-state index contributed by atoms with van der Waals surface area (Å²) in [5.41, 5.74) is 5.93. The number of carbonyl (C=O) groups is 1. The van der Waals surface area contributed by atoms with E-state index < -0.39 is 0 Å². The summed E-state index contributed by atoms with van der Waals surface area (Å²) in [6, 6.07) is 24.1. The monoisotopic (exact) mass is 498 g/mol. The molecule has 6 nitrogen and oxygen atoms in total. The number of carbonyl (C=O) groups excluding carboxylic acids is 1. The molecule has 5 rings (SSSR count). The molecule has 37 heavy (non-hydrogen) atoms. The van der Waals surface area contributed by atoms with Crippen molar-refractivity contribution in [2.75, 3.05) is 20.2 Å². The SMILES string of the molecule is CCN(Cc1nn(-c2ccccc2)c2c1CN(Cc1ccc(F)cc1)CC2)C(=O)c1cccc(OC)c1. The zero-order valence-corrected chi connectivity index (χ0v) is 21.2. The summed E-state index contributed by atoms with van der Waals surface area (Å²) in [5.74, 6) is 0.379. The van der Waals surface area contributed by atoms with E-state index in [4.69, 9.17) is 9.84 Å². The zero-order valence-electron chi connectivity index (χ0n) is 21.2. The average molecular weight is 499 g/mol. The molecule has 0 spiro atoms. The fourth-order valence-corrected chi connectivity index (χ4v) is 4.88. The molecule has 0 unspecified atom stereocenters. The van der Waals surface area contributed by atoms with Crippen molar-refractivity contribution >= 4 is 5.91 Å². The van der Waals surface area contributed by atoms with Crippen LogP contribution in [0.4, 0.5) is 4.39 Å². The Labute approximate surface area is 216 Å². The quantitative estimate of drug-likeness (QED) is 0.333. The smallest absolute Gasteiger partial charge is 0.254 e. The third-order valence-corrected chi connectivity index (χ3v) is 6.87. The highest BCUT2D eigenvalue weighted by atomic mass is 19.1. The first-order valence-corrected chi connectivity index (χ1v) is 12.6. The fraction of sp³-hybridized carbons (Fsp3) is 0.267. The molecule has 7 heteroatoms. The minimum Gasteiger partial charge on any atom is -0.497 e. The second-order valence-electron chi connectivity index (χ2n) is 9.26. The number of halogens is 1. The van der Waals surface area contributed by atoms with Gasteiger partial charge in [0.15, 0.2) is 0 Å². The number of hydrogen-bond acceptors (Lipinski definition) is 4. The van der Waals surface area contributed by atoms with Crippen molar-refractivity contribution in [3.8, 4) is 11.4 Å². The Kier molecular flexibility index (Phi) is 7.32. The van der Waals surface area contributed by atoms with E-state index in [0.717, 1.165) is 48.6 Å². The van der Waals surface area contributed by atoms with Crippen LogP contribution in [0.1, 0.15) is 39.8 Å². The van der Waals surface area contributed by atoms with Crippen LogP contribution in [0, 0.1) is 5.82 Å². The maximum atomic E-state index is 13.4. The van der Waals surface area contributed by atoms with Crippen LogP contribution in [0.15, 0.2) is 78.9 Å². The minimum absolute atomic E-state index is 0.0524. The van der Waals surface area contributed by atoms with Crippen LogP contribution < -0.4 is 4.74 Å². The number of para-hydroxylation sites is 1. The van der Waals surface area contributed by atoms with E-state index >= 15 is 0 Å². The first kappa shape index (κ1) is 24.7. The topological polar surface area (TPSA) is 50.6 Å². The van der Waals surface area contributed by atoms with Gasteiger partial charge in [-0.05, 0) is 55.0 Å². The van der Waals surface area contributed by atoms with Crippen molar-refractivity contribution in [1.82, 2.24) is 19.6 Å². The van der Waals surface area contributed by atoms with Crippen LogP contribution in [0.2, 0.25) is 0 Å². The molecule has 0 bridgehead atoms. The van der Waals surface area contributed by atoms with E-state index in [-0.39, 0.29) is 11.7 Å². The molecule has 0 N–H and O–H groups in total. The Morgan fingerprint density at radius 2 is 1.84 bits per heavy atom. The third kappa shape index (κ3) is 5.42. The lowest BCUT2D eigenvalue weighted by Gasteiger charge is -2.28.